The zero-order valence-electron chi connectivity index (χ0n) is 8.39. The summed E-state index contributed by atoms with van der Waals surface area (Å²) >= 11 is 0. The first-order chi connectivity index (χ1) is 6.02. The van der Waals surface area contributed by atoms with Crippen LogP contribution in [-0.4, -0.2) is 15.3 Å². The second kappa shape index (κ2) is 2.40. The SMILES string of the molecule is Cc1nn(C)c(NC2(C)CC2)c1N. The maximum atomic E-state index is 5.89. The molecule has 1 aromatic heterocycles. The molecule has 0 radical (unpaired) electrons. The maximum absolute atomic E-state index is 5.89. The van der Waals surface area contributed by atoms with E-state index in [9.17, 15) is 0 Å². The van der Waals surface area contributed by atoms with Gasteiger partial charge in [-0.15, -0.1) is 0 Å². The monoisotopic (exact) mass is 180 g/mol. The highest BCUT2D eigenvalue weighted by Crippen LogP contribution is 2.39. The van der Waals surface area contributed by atoms with Crippen LogP contribution in [0.2, 0.25) is 0 Å². The van der Waals surface area contributed by atoms with Crippen molar-refractivity contribution in [1.82, 2.24) is 9.78 Å². The van der Waals surface area contributed by atoms with Gasteiger partial charge in [-0.1, -0.05) is 0 Å². The van der Waals surface area contributed by atoms with Gasteiger partial charge in [-0.2, -0.15) is 5.10 Å². The summed E-state index contributed by atoms with van der Waals surface area (Å²) in [6.45, 7) is 4.13. The van der Waals surface area contributed by atoms with Gasteiger partial charge in [0.25, 0.3) is 0 Å². The van der Waals surface area contributed by atoms with Crippen LogP contribution >= 0.6 is 0 Å². The van der Waals surface area contributed by atoms with Crippen LogP contribution in [0.5, 0.6) is 0 Å². The second-order valence-corrected chi connectivity index (χ2v) is 4.16. The molecular formula is C9H16N4. The number of nitrogens with one attached hydrogen (secondary N) is 1. The minimum atomic E-state index is 0.258. The largest absolute Gasteiger partial charge is 0.394 e. The van der Waals surface area contributed by atoms with Crippen LogP contribution in [0.3, 0.4) is 0 Å². The lowest BCUT2D eigenvalue weighted by Crippen LogP contribution is -2.19. The molecule has 13 heavy (non-hydrogen) atoms. The first-order valence-corrected chi connectivity index (χ1v) is 4.59. The smallest absolute Gasteiger partial charge is 0.148 e. The fourth-order valence-electron chi connectivity index (χ4n) is 1.42. The highest BCUT2D eigenvalue weighted by Gasteiger charge is 2.38. The average molecular weight is 180 g/mol. The Morgan fingerprint density at radius 1 is 1.54 bits per heavy atom. The van der Waals surface area contributed by atoms with Gasteiger partial charge in [0.15, 0.2) is 0 Å². The molecular weight excluding hydrogens is 164 g/mol. The van der Waals surface area contributed by atoms with Gasteiger partial charge in [0, 0.05) is 12.6 Å². The fourth-order valence-corrected chi connectivity index (χ4v) is 1.42. The summed E-state index contributed by atoms with van der Waals surface area (Å²) in [6.07, 6.45) is 2.44. The van der Waals surface area contributed by atoms with Crippen LogP contribution in [0.4, 0.5) is 11.5 Å². The van der Waals surface area contributed by atoms with E-state index in [1.54, 1.807) is 0 Å². The predicted molar refractivity (Wildman–Crippen MR) is 53.6 cm³/mol. The third kappa shape index (κ3) is 1.36. The molecule has 0 aliphatic heterocycles. The maximum Gasteiger partial charge on any atom is 0.148 e. The molecule has 72 valence electrons. The topological polar surface area (TPSA) is 55.9 Å². The molecule has 0 aromatic carbocycles. The van der Waals surface area contributed by atoms with E-state index in [1.165, 1.54) is 12.8 Å². The Kier molecular flexibility index (Phi) is 1.55. The molecule has 1 saturated carbocycles. The average Bonchev–Trinajstić information content (AvgIpc) is 2.73. The molecule has 1 heterocycles. The molecule has 0 amide bonds. The minimum Gasteiger partial charge on any atom is -0.394 e. The first kappa shape index (κ1) is 8.41. The fraction of sp³-hybridized carbons (Fsp3) is 0.667. The van der Waals surface area contributed by atoms with Gasteiger partial charge in [0.05, 0.1) is 11.4 Å². The Morgan fingerprint density at radius 2 is 2.15 bits per heavy atom. The number of hydrogen-bond acceptors (Lipinski definition) is 3. The van der Waals surface area contributed by atoms with Gasteiger partial charge in [0.2, 0.25) is 0 Å². The Balaban J connectivity index is 2.28. The van der Waals surface area contributed by atoms with Gasteiger partial charge in [-0.3, -0.25) is 4.68 Å². The molecule has 1 aliphatic rings. The van der Waals surface area contributed by atoms with Crippen molar-refractivity contribution in [3.8, 4) is 0 Å². The van der Waals surface area contributed by atoms with Gasteiger partial charge in [-0.25, -0.2) is 0 Å². The lowest BCUT2D eigenvalue weighted by molar-refractivity contribution is 0.731. The Bertz CT molecular complexity index is 336. The number of nitrogens with two attached hydrogens (primary N) is 1. The summed E-state index contributed by atoms with van der Waals surface area (Å²) in [4.78, 5) is 0. The van der Waals surface area contributed by atoms with E-state index in [0.29, 0.717) is 0 Å². The summed E-state index contributed by atoms with van der Waals surface area (Å²) < 4.78 is 1.81. The summed E-state index contributed by atoms with van der Waals surface area (Å²) in [6, 6.07) is 0. The number of aryl methyl sites for hydroxylation is 2. The molecule has 2 rings (SSSR count). The molecule has 0 unspecified atom stereocenters. The summed E-state index contributed by atoms with van der Waals surface area (Å²) in [7, 11) is 1.91. The number of nitrogen functional groups attached to an aromatic ring is 1. The summed E-state index contributed by atoms with van der Waals surface area (Å²) in [5.41, 5.74) is 7.82. The van der Waals surface area contributed by atoms with Crippen molar-refractivity contribution < 1.29 is 0 Å². The number of aromatic nitrogens is 2. The molecule has 0 bridgehead atoms. The van der Waals surface area contributed by atoms with Crippen molar-refractivity contribution in [1.29, 1.82) is 0 Å². The van der Waals surface area contributed by atoms with Crippen molar-refractivity contribution in [2.45, 2.75) is 32.2 Å². The highest BCUT2D eigenvalue weighted by atomic mass is 15.3. The normalized spacial score (nSPS) is 18.7. The molecule has 1 aliphatic carbocycles. The minimum absolute atomic E-state index is 0.258. The molecule has 3 N–H and O–H groups in total. The summed E-state index contributed by atoms with van der Waals surface area (Å²) in [5, 5.41) is 7.68. The second-order valence-electron chi connectivity index (χ2n) is 4.16. The van der Waals surface area contributed by atoms with Gasteiger partial charge >= 0.3 is 0 Å². The number of rotatable bonds is 2. The third-order valence-corrected chi connectivity index (χ3v) is 2.69. The van der Waals surface area contributed by atoms with Gasteiger partial charge in [0.1, 0.15) is 5.82 Å². The molecule has 4 nitrogen and oxygen atoms in total. The van der Waals surface area contributed by atoms with Crippen LogP contribution in [0.15, 0.2) is 0 Å². The van der Waals surface area contributed by atoms with Crippen molar-refractivity contribution in [2.75, 3.05) is 11.1 Å². The first-order valence-electron chi connectivity index (χ1n) is 4.59. The lowest BCUT2D eigenvalue weighted by Gasteiger charge is -2.13. The van der Waals surface area contributed by atoms with Crippen molar-refractivity contribution in [3.63, 3.8) is 0 Å². The van der Waals surface area contributed by atoms with Crippen LogP contribution in [0, 0.1) is 6.92 Å². The van der Waals surface area contributed by atoms with Crippen LogP contribution < -0.4 is 11.1 Å². The van der Waals surface area contributed by atoms with Crippen LogP contribution in [-0.2, 0) is 7.05 Å². The zero-order valence-corrected chi connectivity index (χ0v) is 8.39. The highest BCUT2D eigenvalue weighted by molar-refractivity contribution is 5.66. The van der Waals surface area contributed by atoms with Crippen molar-refractivity contribution >= 4 is 11.5 Å². The zero-order chi connectivity index (χ0) is 9.64. The standard InChI is InChI=1S/C9H16N4/c1-6-7(10)8(13(3)12-6)11-9(2)4-5-9/h11H,4-5,10H2,1-3H3. The van der Waals surface area contributed by atoms with E-state index in [2.05, 4.69) is 17.3 Å². The molecule has 0 atom stereocenters. The van der Waals surface area contributed by atoms with E-state index in [4.69, 9.17) is 5.73 Å². The van der Waals surface area contributed by atoms with Gasteiger partial charge in [-0.05, 0) is 26.7 Å². The Hall–Kier alpha value is -1.19. The van der Waals surface area contributed by atoms with E-state index >= 15 is 0 Å². The molecule has 0 saturated heterocycles. The molecule has 1 fully saturated rings. The van der Waals surface area contributed by atoms with Gasteiger partial charge < -0.3 is 11.1 Å². The predicted octanol–water partition coefficient (Wildman–Crippen LogP) is 1.28. The van der Waals surface area contributed by atoms with Crippen molar-refractivity contribution in [3.05, 3.63) is 5.69 Å². The van der Waals surface area contributed by atoms with E-state index in [-0.39, 0.29) is 5.54 Å². The quantitative estimate of drug-likeness (QED) is 0.720. The van der Waals surface area contributed by atoms with E-state index < -0.39 is 0 Å². The third-order valence-electron chi connectivity index (χ3n) is 2.69. The van der Waals surface area contributed by atoms with Crippen molar-refractivity contribution in [2.24, 2.45) is 7.05 Å². The Morgan fingerprint density at radius 3 is 2.54 bits per heavy atom. The van der Waals surface area contributed by atoms with Crippen LogP contribution in [0.1, 0.15) is 25.5 Å². The molecule has 0 spiro atoms. The summed E-state index contributed by atoms with van der Waals surface area (Å²) in [5.74, 6) is 0.956. The van der Waals surface area contributed by atoms with E-state index in [1.807, 2.05) is 18.7 Å². The lowest BCUT2D eigenvalue weighted by atomic mass is 10.3. The van der Waals surface area contributed by atoms with E-state index in [0.717, 1.165) is 17.2 Å². The number of anilines is 2. The molecule has 4 heteroatoms. The number of hydrogen-bond donors (Lipinski definition) is 2. The molecule has 1 aromatic rings. The number of nitrogens with zero attached hydrogens (tertiary/aromatic N) is 2. The Labute approximate surface area is 78.1 Å². The van der Waals surface area contributed by atoms with Crippen LogP contribution in [0.25, 0.3) is 0 Å².